The van der Waals surface area contributed by atoms with Crippen LogP contribution < -0.4 is 5.69 Å². The van der Waals surface area contributed by atoms with Gasteiger partial charge in [0.05, 0.1) is 0 Å². The maximum absolute atomic E-state index is 10.8. The van der Waals surface area contributed by atoms with Gasteiger partial charge in [0.1, 0.15) is 6.61 Å². The van der Waals surface area contributed by atoms with Crippen molar-refractivity contribution >= 4 is 0 Å². The highest BCUT2D eigenvalue weighted by Crippen LogP contribution is 1.89. The molecule has 0 aliphatic carbocycles. The van der Waals surface area contributed by atoms with Crippen LogP contribution in [0.4, 0.5) is 0 Å². The van der Waals surface area contributed by atoms with E-state index < -0.39 is 0 Å². The van der Waals surface area contributed by atoms with Crippen molar-refractivity contribution in [2.75, 3.05) is 6.61 Å². The standard InChI is InChI=1S/C6H11N3O2/c1-3-11-4-5-7-8-6(10)9(5)2/h3-4H2,1-2H3,(H,8,10). The lowest BCUT2D eigenvalue weighted by Gasteiger charge is -1.97. The Labute approximate surface area is 64.0 Å². The molecule has 0 saturated carbocycles. The zero-order chi connectivity index (χ0) is 8.27. The van der Waals surface area contributed by atoms with Gasteiger partial charge >= 0.3 is 5.69 Å². The molecule has 5 heteroatoms. The van der Waals surface area contributed by atoms with Crippen molar-refractivity contribution in [1.82, 2.24) is 14.8 Å². The zero-order valence-corrected chi connectivity index (χ0v) is 6.63. The second-order valence-electron chi connectivity index (χ2n) is 2.14. The van der Waals surface area contributed by atoms with Crippen molar-refractivity contribution in [3.05, 3.63) is 16.3 Å². The highest BCUT2D eigenvalue weighted by atomic mass is 16.5. The van der Waals surface area contributed by atoms with Crippen molar-refractivity contribution in [3.63, 3.8) is 0 Å². The third kappa shape index (κ3) is 1.68. The fraction of sp³-hybridized carbons (Fsp3) is 0.667. The summed E-state index contributed by atoms with van der Waals surface area (Å²) in [4.78, 5) is 10.8. The van der Waals surface area contributed by atoms with E-state index in [1.165, 1.54) is 4.57 Å². The molecule has 0 aliphatic heterocycles. The Kier molecular flexibility index (Phi) is 2.43. The third-order valence-corrected chi connectivity index (χ3v) is 1.41. The number of aromatic nitrogens is 3. The molecule has 0 spiro atoms. The summed E-state index contributed by atoms with van der Waals surface area (Å²) in [5.74, 6) is 0.622. The van der Waals surface area contributed by atoms with Gasteiger partial charge in [-0.15, -0.1) is 0 Å². The van der Waals surface area contributed by atoms with E-state index in [1.54, 1.807) is 7.05 Å². The minimum absolute atomic E-state index is 0.209. The highest BCUT2D eigenvalue weighted by molar-refractivity contribution is 4.81. The Balaban J connectivity index is 2.71. The lowest BCUT2D eigenvalue weighted by atomic mass is 10.6. The van der Waals surface area contributed by atoms with E-state index in [0.29, 0.717) is 19.0 Å². The summed E-state index contributed by atoms with van der Waals surface area (Å²) in [5, 5.41) is 6.08. The molecular formula is C6H11N3O2. The molecule has 1 rings (SSSR count). The molecule has 0 aromatic carbocycles. The zero-order valence-electron chi connectivity index (χ0n) is 6.63. The van der Waals surface area contributed by atoms with Crippen LogP contribution in [0.3, 0.4) is 0 Å². The third-order valence-electron chi connectivity index (χ3n) is 1.41. The largest absolute Gasteiger partial charge is 0.374 e. The molecule has 0 radical (unpaired) electrons. The monoisotopic (exact) mass is 157 g/mol. The predicted octanol–water partition coefficient (Wildman–Crippen LogP) is -0.355. The summed E-state index contributed by atoms with van der Waals surface area (Å²) in [6.45, 7) is 2.90. The van der Waals surface area contributed by atoms with Gasteiger partial charge in [-0.3, -0.25) is 4.57 Å². The average molecular weight is 157 g/mol. The van der Waals surface area contributed by atoms with Gasteiger partial charge in [0.2, 0.25) is 0 Å². The van der Waals surface area contributed by atoms with E-state index in [1.807, 2.05) is 6.92 Å². The summed E-state index contributed by atoms with van der Waals surface area (Å²) in [6.07, 6.45) is 0. The van der Waals surface area contributed by atoms with Crippen LogP contribution in [0.2, 0.25) is 0 Å². The molecule has 1 N–H and O–H groups in total. The van der Waals surface area contributed by atoms with E-state index in [-0.39, 0.29) is 5.69 Å². The number of rotatable bonds is 3. The van der Waals surface area contributed by atoms with Crippen molar-refractivity contribution in [3.8, 4) is 0 Å². The fourth-order valence-electron chi connectivity index (χ4n) is 0.702. The molecule has 62 valence electrons. The molecule has 0 bridgehead atoms. The van der Waals surface area contributed by atoms with Gasteiger partial charge in [0.25, 0.3) is 0 Å². The Morgan fingerprint density at radius 1 is 1.73 bits per heavy atom. The number of nitrogens with one attached hydrogen (secondary N) is 1. The lowest BCUT2D eigenvalue weighted by molar-refractivity contribution is 0.126. The van der Waals surface area contributed by atoms with Crippen LogP contribution in [0, 0.1) is 0 Å². The van der Waals surface area contributed by atoms with Crippen LogP contribution in [-0.2, 0) is 18.4 Å². The Hall–Kier alpha value is -1.10. The van der Waals surface area contributed by atoms with Crippen LogP contribution in [0.5, 0.6) is 0 Å². The first kappa shape index (κ1) is 8.00. The molecule has 5 nitrogen and oxygen atoms in total. The first-order valence-corrected chi connectivity index (χ1v) is 3.43. The predicted molar refractivity (Wildman–Crippen MR) is 39.2 cm³/mol. The SMILES string of the molecule is CCOCc1n[nH]c(=O)n1C. The number of ether oxygens (including phenoxy) is 1. The summed E-state index contributed by atoms with van der Waals surface area (Å²) in [5.41, 5.74) is -0.209. The van der Waals surface area contributed by atoms with Gasteiger partial charge in [-0.1, -0.05) is 0 Å². The Morgan fingerprint density at radius 3 is 2.91 bits per heavy atom. The maximum atomic E-state index is 10.8. The molecule has 1 aromatic heterocycles. The minimum Gasteiger partial charge on any atom is -0.374 e. The van der Waals surface area contributed by atoms with Crippen molar-refractivity contribution < 1.29 is 4.74 Å². The van der Waals surface area contributed by atoms with Crippen LogP contribution in [0.1, 0.15) is 12.7 Å². The van der Waals surface area contributed by atoms with E-state index >= 15 is 0 Å². The topological polar surface area (TPSA) is 59.9 Å². The Bertz CT molecular complexity index is 276. The summed E-state index contributed by atoms with van der Waals surface area (Å²) < 4.78 is 6.50. The smallest absolute Gasteiger partial charge is 0.343 e. The minimum atomic E-state index is -0.209. The number of hydrogen-bond donors (Lipinski definition) is 1. The molecule has 0 unspecified atom stereocenters. The first-order chi connectivity index (χ1) is 5.25. The highest BCUT2D eigenvalue weighted by Gasteiger charge is 2.01. The number of hydrogen-bond acceptors (Lipinski definition) is 3. The van der Waals surface area contributed by atoms with Gasteiger partial charge in [0, 0.05) is 13.7 Å². The molecule has 0 fully saturated rings. The van der Waals surface area contributed by atoms with E-state index in [9.17, 15) is 4.79 Å². The summed E-state index contributed by atoms with van der Waals surface area (Å²) >= 11 is 0. The van der Waals surface area contributed by atoms with Crippen molar-refractivity contribution in [2.45, 2.75) is 13.5 Å². The molecule has 0 aliphatic rings. The average Bonchev–Trinajstić information content (AvgIpc) is 2.31. The molecule has 11 heavy (non-hydrogen) atoms. The maximum Gasteiger partial charge on any atom is 0.343 e. The molecule has 1 heterocycles. The van der Waals surface area contributed by atoms with Gasteiger partial charge in [-0.2, -0.15) is 5.10 Å². The molecular weight excluding hydrogens is 146 g/mol. The number of aromatic amines is 1. The quantitative estimate of drug-likeness (QED) is 0.652. The van der Waals surface area contributed by atoms with Gasteiger partial charge in [-0.25, -0.2) is 9.89 Å². The number of H-pyrrole nitrogens is 1. The fourth-order valence-corrected chi connectivity index (χ4v) is 0.702. The summed E-state index contributed by atoms with van der Waals surface area (Å²) in [6, 6.07) is 0. The molecule has 0 saturated heterocycles. The van der Waals surface area contributed by atoms with Crippen LogP contribution >= 0.6 is 0 Å². The van der Waals surface area contributed by atoms with E-state index in [2.05, 4.69) is 10.2 Å². The van der Waals surface area contributed by atoms with Gasteiger partial charge in [0.15, 0.2) is 5.82 Å². The first-order valence-electron chi connectivity index (χ1n) is 3.43. The van der Waals surface area contributed by atoms with E-state index in [4.69, 9.17) is 4.74 Å². The Morgan fingerprint density at radius 2 is 2.45 bits per heavy atom. The van der Waals surface area contributed by atoms with Gasteiger partial charge < -0.3 is 4.74 Å². The van der Waals surface area contributed by atoms with Crippen LogP contribution in [-0.4, -0.2) is 21.4 Å². The van der Waals surface area contributed by atoms with Crippen molar-refractivity contribution in [2.24, 2.45) is 7.05 Å². The normalized spacial score (nSPS) is 10.4. The lowest BCUT2D eigenvalue weighted by Crippen LogP contribution is -2.14. The molecule has 0 atom stereocenters. The van der Waals surface area contributed by atoms with Gasteiger partial charge in [-0.05, 0) is 6.92 Å². The summed E-state index contributed by atoms with van der Waals surface area (Å²) in [7, 11) is 1.65. The molecule has 1 aromatic rings. The number of nitrogens with zero attached hydrogens (tertiary/aromatic N) is 2. The van der Waals surface area contributed by atoms with Crippen LogP contribution in [0.25, 0.3) is 0 Å². The second-order valence-corrected chi connectivity index (χ2v) is 2.14. The second kappa shape index (κ2) is 3.34. The van der Waals surface area contributed by atoms with E-state index in [0.717, 1.165) is 0 Å². The van der Waals surface area contributed by atoms with Crippen LogP contribution in [0.15, 0.2) is 4.79 Å². The molecule has 0 amide bonds. The van der Waals surface area contributed by atoms with Crippen molar-refractivity contribution in [1.29, 1.82) is 0 Å².